The molecule has 0 radical (unpaired) electrons. The molecule has 1 nitrogen and oxygen atoms in total. The fourth-order valence-electron chi connectivity index (χ4n) is 8.51. The van der Waals surface area contributed by atoms with Crippen LogP contribution in [0.1, 0.15) is 78.6 Å². The molecule has 0 fully saturated rings. The lowest BCUT2D eigenvalue weighted by Crippen LogP contribution is -2.19. The highest BCUT2D eigenvalue weighted by atomic mass is 15.2. The number of benzene rings is 3. The van der Waals surface area contributed by atoms with Crippen molar-refractivity contribution in [3.8, 4) is 11.1 Å². The van der Waals surface area contributed by atoms with E-state index in [9.17, 15) is 0 Å². The Bertz CT molecular complexity index is 2070. The first-order valence-electron chi connectivity index (χ1n) is 20.0. The minimum Gasteiger partial charge on any atom is -0.314 e. The van der Waals surface area contributed by atoms with Gasteiger partial charge in [-0.1, -0.05) is 146 Å². The highest BCUT2D eigenvalue weighted by Gasteiger charge is 2.24. The van der Waals surface area contributed by atoms with Crippen molar-refractivity contribution >= 4 is 11.4 Å². The Morgan fingerprint density at radius 2 is 1.38 bits per heavy atom. The van der Waals surface area contributed by atoms with Crippen LogP contribution < -0.4 is 4.90 Å². The smallest absolute Gasteiger partial charge is 0.0536 e. The van der Waals surface area contributed by atoms with Crippen LogP contribution in [0.4, 0.5) is 11.4 Å². The zero-order valence-electron chi connectivity index (χ0n) is 32.0. The molecule has 3 aromatic carbocycles. The maximum atomic E-state index is 2.51. The van der Waals surface area contributed by atoms with Crippen molar-refractivity contribution in [3.05, 3.63) is 203 Å². The summed E-state index contributed by atoms with van der Waals surface area (Å²) in [4.78, 5) is 2.47. The highest BCUT2D eigenvalue weighted by Crippen LogP contribution is 2.42. The average molecular weight is 694 g/mol. The molecule has 0 aromatic heterocycles. The summed E-state index contributed by atoms with van der Waals surface area (Å²) in [6, 6.07) is 30.5. The van der Waals surface area contributed by atoms with Crippen LogP contribution in [0.25, 0.3) is 11.1 Å². The van der Waals surface area contributed by atoms with Crippen LogP contribution >= 0.6 is 0 Å². The third-order valence-corrected chi connectivity index (χ3v) is 11.5. The first-order valence-corrected chi connectivity index (χ1v) is 20.0. The predicted molar refractivity (Wildman–Crippen MR) is 229 cm³/mol. The van der Waals surface area contributed by atoms with Gasteiger partial charge in [0.2, 0.25) is 0 Å². The van der Waals surface area contributed by atoms with Gasteiger partial charge in [-0.3, -0.25) is 0 Å². The molecular formula is C52H55N. The van der Waals surface area contributed by atoms with Gasteiger partial charge >= 0.3 is 0 Å². The summed E-state index contributed by atoms with van der Waals surface area (Å²) < 4.78 is 0. The Morgan fingerprint density at radius 3 is 2.06 bits per heavy atom. The molecule has 0 saturated heterocycles. The molecule has 0 amide bonds. The largest absolute Gasteiger partial charge is 0.314 e. The van der Waals surface area contributed by atoms with E-state index >= 15 is 0 Å². The van der Waals surface area contributed by atoms with Gasteiger partial charge in [0.25, 0.3) is 0 Å². The molecule has 53 heavy (non-hydrogen) atoms. The predicted octanol–water partition coefficient (Wildman–Crippen LogP) is 14.8. The van der Waals surface area contributed by atoms with Crippen molar-refractivity contribution in [2.75, 3.05) is 4.90 Å². The highest BCUT2D eigenvalue weighted by molar-refractivity contribution is 5.84. The van der Waals surface area contributed by atoms with Crippen molar-refractivity contribution in [1.82, 2.24) is 0 Å². The minimum absolute atomic E-state index is 0.493. The minimum atomic E-state index is 0.493. The Morgan fingerprint density at radius 1 is 0.717 bits per heavy atom. The zero-order chi connectivity index (χ0) is 36.4. The molecule has 0 saturated carbocycles. The topological polar surface area (TPSA) is 3.24 Å². The van der Waals surface area contributed by atoms with Crippen LogP contribution in [0.5, 0.6) is 0 Å². The summed E-state index contributed by atoms with van der Waals surface area (Å²) in [5.41, 5.74) is 16.7. The molecule has 0 aliphatic heterocycles. The van der Waals surface area contributed by atoms with E-state index in [-0.39, 0.29) is 0 Å². The second kappa shape index (κ2) is 17.6. The number of rotatable bonds is 10. The van der Waals surface area contributed by atoms with Gasteiger partial charge in [-0.2, -0.15) is 0 Å². The normalized spacial score (nSPS) is 21.0. The Balaban J connectivity index is 1.07. The molecule has 3 aromatic rings. The molecule has 4 aliphatic rings. The van der Waals surface area contributed by atoms with Gasteiger partial charge in [0.05, 0.1) is 5.69 Å². The molecule has 0 bridgehead atoms. The molecule has 2 atom stereocenters. The van der Waals surface area contributed by atoms with Crippen LogP contribution in [0.2, 0.25) is 0 Å². The van der Waals surface area contributed by atoms with E-state index in [1.165, 1.54) is 80.1 Å². The third kappa shape index (κ3) is 8.58. The maximum absolute atomic E-state index is 2.51. The van der Waals surface area contributed by atoms with Crippen LogP contribution in [0.3, 0.4) is 0 Å². The lowest BCUT2D eigenvalue weighted by atomic mass is 9.81. The van der Waals surface area contributed by atoms with E-state index in [4.69, 9.17) is 0 Å². The number of anilines is 2. The lowest BCUT2D eigenvalue weighted by molar-refractivity contribution is 0.638. The van der Waals surface area contributed by atoms with Gasteiger partial charge < -0.3 is 4.90 Å². The molecule has 1 heteroatoms. The number of nitrogens with zero attached hydrogens (tertiary/aromatic N) is 1. The fourth-order valence-corrected chi connectivity index (χ4v) is 8.51. The standard InChI is InChI=1S/C52H55N/c1-4-6-16-40(5-2)43-29-31-47(32-30-43)50-38-35-44(26-25-39(50)3)41-19-15-20-42(28-27-41)45-33-36-49(37-34-45)53(48-21-11-8-12-22-48)52-24-14-13-23-51(52)46-17-9-7-10-18-46/h5-14,16-18,21-29,31-33,36,43,50H,4,15,19-20,30,34-35,37-38H2,1-3H3/b16-6-,40-5+. The molecule has 0 spiro atoms. The number of para-hydroxylation sites is 2. The van der Waals surface area contributed by atoms with Gasteiger partial charge in [-0.25, -0.2) is 0 Å². The van der Waals surface area contributed by atoms with Gasteiger partial charge in [0, 0.05) is 28.8 Å². The third-order valence-electron chi connectivity index (χ3n) is 11.5. The summed E-state index contributed by atoms with van der Waals surface area (Å²) in [5, 5.41) is 0. The SMILES string of the molecule is C/C=C(\C=C/CC)C1C=CC(C2CCC(C3=CC=C(C4=CC=C(N(c5ccccc5)c5ccccc5-c5ccccc5)CC4)CCC3)=CC=C2C)=CC1. The van der Waals surface area contributed by atoms with E-state index in [1.807, 2.05) is 0 Å². The molecular weight excluding hydrogens is 639 g/mol. The number of allylic oxidation sites excluding steroid dienone is 20. The van der Waals surface area contributed by atoms with E-state index in [0.717, 1.165) is 44.9 Å². The monoisotopic (exact) mass is 693 g/mol. The molecule has 4 aliphatic carbocycles. The fraction of sp³-hybridized carbons (Fsp3) is 0.269. The Labute approximate surface area is 319 Å². The second-order valence-corrected chi connectivity index (χ2v) is 14.8. The second-order valence-electron chi connectivity index (χ2n) is 14.8. The Hall–Kier alpha value is -5.14. The van der Waals surface area contributed by atoms with Gasteiger partial charge in [-0.15, -0.1) is 0 Å². The van der Waals surface area contributed by atoms with Crippen molar-refractivity contribution in [2.24, 2.45) is 11.8 Å². The molecule has 0 N–H and O–H groups in total. The van der Waals surface area contributed by atoms with Gasteiger partial charge in [-0.05, 0) is 135 Å². The lowest BCUT2D eigenvalue weighted by Gasteiger charge is -2.31. The summed E-state index contributed by atoms with van der Waals surface area (Å²) >= 11 is 0. The van der Waals surface area contributed by atoms with Gasteiger partial charge in [0.15, 0.2) is 0 Å². The zero-order valence-corrected chi connectivity index (χ0v) is 32.0. The quantitative estimate of drug-likeness (QED) is 0.191. The van der Waals surface area contributed by atoms with E-state index in [2.05, 4.69) is 184 Å². The van der Waals surface area contributed by atoms with Crippen molar-refractivity contribution in [3.63, 3.8) is 0 Å². The molecule has 2 unspecified atom stereocenters. The molecule has 268 valence electrons. The first-order chi connectivity index (χ1) is 26.1. The average Bonchev–Trinajstić information content (AvgIpc) is 3.58. The van der Waals surface area contributed by atoms with Crippen LogP contribution in [0, 0.1) is 11.8 Å². The molecule has 7 rings (SSSR count). The molecule has 0 heterocycles. The van der Waals surface area contributed by atoms with Gasteiger partial charge in [0.1, 0.15) is 0 Å². The van der Waals surface area contributed by atoms with E-state index < -0.39 is 0 Å². The summed E-state index contributed by atoms with van der Waals surface area (Å²) in [7, 11) is 0. The summed E-state index contributed by atoms with van der Waals surface area (Å²) in [5.74, 6) is 0.995. The van der Waals surface area contributed by atoms with Crippen molar-refractivity contribution in [1.29, 1.82) is 0 Å². The summed E-state index contributed by atoms with van der Waals surface area (Å²) in [6.07, 6.45) is 38.8. The Kier molecular flexibility index (Phi) is 12.0. The van der Waals surface area contributed by atoms with Crippen molar-refractivity contribution < 1.29 is 0 Å². The van der Waals surface area contributed by atoms with Crippen LogP contribution in [-0.4, -0.2) is 0 Å². The maximum Gasteiger partial charge on any atom is 0.0536 e. The van der Waals surface area contributed by atoms with E-state index in [0.29, 0.717) is 11.8 Å². The van der Waals surface area contributed by atoms with Crippen LogP contribution in [-0.2, 0) is 0 Å². The van der Waals surface area contributed by atoms with Crippen LogP contribution in [0.15, 0.2) is 203 Å². The van der Waals surface area contributed by atoms with Crippen molar-refractivity contribution in [2.45, 2.75) is 78.6 Å². The first kappa shape index (κ1) is 36.2. The number of hydrogen-bond donors (Lipinski definition) is 0. The summed E-state index contributed by atoms with van der Waals surface area (Å²) in [6.45, 7) is 6.71. The van der Waals surface area contributed by atoms with E-state index in [1.54, 1.807) is 0 Å². The number of hydrogen-bond acceptors (Lipinski definition) is 1.